The predicted octanol–water partition coefficient (Wildman–Crippen LogP) is 3.48. The van der Waals surface area contributed by atoms with Crippen molar-refractivity contribution in [2.45, 2.75) is 38.5 Å². The average Bonchev–Trinajstić information content (AvgIpc) is 2.49. The van der Waals surface area contributed by atoms with Gasteiger partial charge >= 0.3 is 5.97 Å². The first kappa shape index (κ1) is 16.2. The van der Waals surface area contributed by atoms with Gasteiger partial charge in [-0.05, 0) is 37.3 Å². The zero-order chi connectivity index (χ0) is 14.6. The molecule has 0 radical (unpaired) electrons. The van der Waals surface area contributed by atoms with Crippen LogP contribution in [0.4, 0.5) is 0 Å². The third-order valence-electron chi connectivity index (χ3n) is 3.03. The number of ketones is 1. The Kier molecular flexibility index (Phi) is 8.04. The average molecular weight is 274 g/mol. The molecule has 3 heteroatoms. The molecule has 0 fully saturated rings. The van der Waals surface area contributed by atoms with Crippen molar-refractivity contribution in [2.24, 2.45) is 0 Å². The Morgan fingerprint density at radius 1 is 1.10 bits per heavy atom. The Morgan fingerprint density at radius 2 is 1.80 bits per heavy atom. The van der Waals surface area contributed by atoms with E-state index in [-0.39, 0.29) is 11.8 Å². The molecule has 1 aromatic rings. The lowest BCUT2D eigenvalue weighted by Crippen LogP contribution is -2.00. The van der Waals surface area contributed by atoms with Crippen molar-refractivity contribution in [3.63, 3.8) is 0 Å². The SMILES string of the molecule is COC(=O)CCCCC(=O)/C=C/CCc1ccccc1. The number of ether oxygens (including phenoxy) is 1. The molecular formula is C17H22O3. The summed E-state index contributed by atoms with van der Waals surface area (Å²) in [5.74, 6) is -0.0845. The van der Waals surface area contributed by atoms with Gasteiger partial charge in [-0.2, -0.15) is 0 Å². The summed E-state index contributed by atoms with van der Waals surface area (Å²) in [7, 11) is 1.38. The van der Waals surface area contributed by atoms with Gasteiger partial charge in [0.1, 0.15) is 0 Å². The number of benzene rings is 1. The maximum absolute atomic E-state index is 11.6. The molecule has 0 unspecified atom stereocenters. The number of esters is 1. The Hall–Kier alpha value is -1.90. The highest BCUT2D eigenvalue weighted by molar-refractivity contribution is 5.89. The number of hydrogen-bond acceptors (Lipinski definition) is 3. The van der Waals surface area contributed by atoms with Crippen LogP contribution in [0, 0.1) is 0 Å². The standard InChI is InChI=1S/C17H22O3/c1-20-17(19)14-8-7-13-16(18)12-6-5-11-15-9-3-2-4-10-15/h2-4,6,9-10,12H,5,7-8,11,13-14H2,1H3/b12-6+. The van der Waals surface area contributed by atoms with Gasteiger partial charge in [-0.25, -0.2) is 0 Å². The molecule has 0 heterocycles. The fourth-order valence-electron chi connectivity index (χ4n) is 1.86. The van der Waals surface area contributed by atoms with Crippen molar-refractivity contribution >= 4 is 11.8 Å². The van der Waals surface area contributed by atoms with E-state index in [0.717, 1.165) is 19.3 Å². The molecule has 0 N–H and O–H groups in total. The highest BCUT2D eigenvalue weighted by atomic mass is 16.5. The summed E-state index contributed by atoms with van der Waals surface area (Å²) < 4.78 is 4.54. The molecule has 0 saturated carbocycles. The predicted molar refractivity (Wildman–Crippen MR) is 79.4 cm³/mol. The maximum Gasteiger partial charge on any atom is 0.305 e. The molecule has 0 bridgehead atoms. The quantitative estimate of drug-likeness (QED) is 0.393. The number of methoxy groups -OCH3 is 1. The molecule has 0 aliphatic heterocycles. The summed E-state index contributed by atoms with van der Waals surface area (Å²) in [5.41, 5.74) is 1.28. The van der Waals surface area contributed by atoms with E-state index in [2.05, 4.69) is 16.9 Å². The van der Waals surface area contributed by atoms with E-state index in [1.807, 2.05) is 24.3 Å². The Balaban J connectivity index is 2.09. The number of aryl methyl sites for hydroxylation is 1. The minimum Gasteiger partial charge on any atom is -0.469 e. The van der Waals surface area contributed by atoms with Gasteiger partial charge in [0.05, 0.1) is 7.11 Å². The Morgan fingerprint density at radius 3 is 2.50 bits per heavy atom. The van der Waals surface area contributed by atoms with Crippen LogP contribution in [0.5, 0.6) is 0 Å². The molecule has 3 nitrogen and oxygen atoms in total. The first-order valence-electron chi connectivity index (χ1n) is 7.02. The van der Waals surface area contributed by atoms with Crippen molar-refractivity contribution in [3.8, 4) is 0 Å². The number of carbonyl (C=O) groups is 2. The highest BCUT2D eigenvalue weighted by Gasteiger charge is 2.01. The molecule has 0 saturated heterocycles. The van der Waals surface area contributed by atoms with Gasteiger partial charge in [0, 0.05) is 12.8 Å². The molecule has 0 aliphatic carbocycles. The normalized spacial score (nSPS) is 10.7. The molecule has 108 valence electrons. The summed E-state index contributed by atoms with van der Waals surface area (Å²) >= 11 is 0. The molecule has 0 amide bonds. The number of allylic oxidation sites excluding steroid dienone is 2. The van der Waals surface area contributed by atoms with E-state index in [0.29, 0.717) is 19.3 Å². The van der Waals surface area contributed by atoms with Crippen molar-refractivity contribution in [2.75, 3.05) is 7.11 Å². The zero-order valence-electron chi connectivity index (χ0n) is 12.0. The van der Waals surface area contributed by atoms with E-state index in [4.69, 9.17) is 0 Å². The lowest BCUT2D eigenvalue weighted by molar-refractivity contribution is -0.140. The van der Waals surface area contributed by atoms with Crippen LogP contribution in [-0.2, 0) is 20.7 Å². The minimum absolute atomic E-state index is 0.128. The van der Waals surface area contributed by atoms with Crippen LogP contribution >= 0.6 is 0 Å². The van der Waals surface area contributed by atoms with Gasteiger partial charge < -0.3 is 4.74 Å². The molecule has 0 aliphatic rings. The van der Waals surface area contributed by atoms with Crippen LogP contribution in [0.2, 0.25) is 0 Å². The van der Waals surface area contributed by atoms with Crippen LogP contribution in [0.1, 0.15) is 37.7 Å². The van der Waals surface area contributed by atoms with Crippen molar-refractivity contribution < 1.29 is 14.3 Å². The van der Waals surface area contributed by atoms with Crippen LogP contribution in [-0.4, -0.2) is 18.9 Å². The van der Waals surface area contributed by atoms with Gasteiger partial charge in [-0.1, -0.05) is 36.4 Å². The second-order valence-electron chi connectivity index (χ2n) is 4.68. The maximum atomic E-state index is 11.6. The van der Waals surface area contributed by atoms with Gasteiger partial charge in [0.2, 0.25) is 0 Å². The fourth-order valence-corrected chi connectivity index (χ4v) is 1.86. The first-order valence-corrected chi connectivity index (χ1v) is 7.02. The summed E-state index contributed by atoms with van der Waals surface area (Å²) in [4.78, 5) is 22.4. The van der Waals surface area contributed by atoms with Crippen LogP contribution in [0.25, 0.3) is 0 Å². The molecule has 0 atom stereocenters. The third kappa shape index (κ3) is 7.52. The molecule has 1 aromatic carbocycles. The van der Waals surface area contributed by atoms with Gasteiger partial charge in [0.15, 0.2) is 5.78 Å². The number of hydrogen-bond donors (Lipinski definition) is 0. The number of carbonyl (C=O) groups excluding carboxylic acids is 2. The fraction of sp³-hybridized carbons (Fsp3) is 0.412. The summed E-state index contributed by atoms with van der Waals surface area (Å²) in [5, 5.41) is 0. The first-order chi connectivity index (χ1) is 9.72. The zero-order valence-corrected chi connectivity index (χ0v) is 12.0. The van der Waals surface area contributed by atoms with Crippen LogP contribution in [0.3, 0.4) is 0 Å². The summed E-state index contributed by atoms with van der Waals surface area (Å²) in [6.45, 7) is 0. The van der Waals surface area contributed by atoms with Gasteiger partial charge in [-0.15, -0.1) is 0 Å². The van der Waals surface area contributed by atoms with E-state index >= 15 is 0 Å². The second-order valence-corrected chi connectivity index (χ2v) is 4.68. The summed E-state index contributed by atoms with van der Waals surface area (Å²) in [6, 6.07) is 10.2. The number of rotatable bonds is 9. The molecule has 1 rings (SSSR count). The lowest BCUT2D eigenvalue weighted by Gasteiger charge is -1.98. The highest BCUT2D eigenvalue weighted by Crippen LogP contribution is 2.05. The van der Waals surface area contributed by atoms with Crippen molar-refractivity contribution in [3.05, 3.63) is 48.0 Å². The topological polar surface area (TPSA) is 43.4 Å². The number of unbranched alkanes of at least 4 members (excludes halogenated alkanes) is 1. The molecular weight excluding hydrogens is 252 g/mol. The smallest absolute Gasteiger partial charge is 0.305 e. The van der Waals surface area contributed by atoms with Crippen LogP contribution in [0.15, 0.2) is 42.5 Å². The van der Waals surface area contributed by atoms with Crippen LogP contribution < -0.4 is 0 Å². The minimum atomic E-state index is -0.212. The largest absolute Gasteiger partial charge is 0.469 e. The van der Waals surface area contributed by atoms with Gasteiger partial charge in [-0.3, -0.25) is 9.59 Å². The van der Waals surface area contributed by atoms with E-state index < -0.39 is 0 Å². The van der Waals surface area contributed by atoms with E-state index in [1.54, 1.807) is 6.08 Å². The molecule has 0 spiro atoms. The summed E-state index contributed by atoms with van der Waals surface area (Å²) in [6.07, 6.45) is 7.73. The van der Waals surface area contributed by atoms with Gasteiger partial charge in [0.25, 0.3) is 0 Å². The Bertz CT molecular complexity index is 435. The monoisotopic (exact) mass is 274 g/mol. The van der Waals surface area contributed by atoms with Crippen molar-refractivity contribution in [1.82, 2.24) is 0 Å². The Labute approximate surface area is 120 Å². The lowest BCUT2D eigenvalue weighted by atomic mass is 10.1. The van der Waals surface area contributed by atoms with E-state index in [1.165, 1.54) is 12.7 Å². The molecule has 0 aromatic heterocycles. The molecule has 20 heavy (non-hydrogen) atoms. The second kappa shape index (κ2) is 9.96. The third-order valence-corrected chi connectivity index (χ3v) is 3.03. The van der Waals surface area contributed by atoms with Crippen molar-refractivity contribution in [1.29, 1.82) is 0 Å². The van der Waals surface area contributed by atoms with E-state index in [9.17, 15) is 9.59 Å².